The Labute approximate surface area is 81.5 Å². The summed E-state index contributed by atoms with van der Waals surface area (Å²) in [5.41, 5.74) is 1.14. The van der Waals surface area contributed by atoms with Crippen molar-refractivity contribution in [2.75, 3.05) is 20.3 Å². The van der Waals surface area contributed by atoms with E-state index in [4.69, 9.17) is 4.74 Å². The van der Waals surface area contributed by atoms with Crippen LogP contribution in [0.25, 0.3) is 0 Å². The van der Waals surface area contributed by atoms with E-state index in [0.717, 1.165) is 31.9 Å². The van der Waals surface area contributed by atoms with Gasteiger partial charge in [-0.2, -0.15) is 0 Å². The predicted molar refractivity (Wildman–Crippen MR) is 50.8 cm³/mol. The molecule has 0 aliphatic carbocycles. The summed E-state index contributed by atoms with van der Waals surface area (Å²) in [5.74, 6) is 0.474. The van der Waals surface area contributed by atoms with Crippen LogP contribution in [0.5, 0.6) is 0 Å². The maximum atomic E-state index is 5.33. The summed E-state index contributed by atoms with van der Waals surface area (Å²) >= 11 is 1.48. The number of nitrogens with zero attached hydrogens (tertiary/aromatic N) is 2. The Morgan fingerprint density at radius 3 is 3.31 bits per heavy atom. The first kappa shape index (κ1) is 9.05. The van der Waals surface area contributed by atoms with Gasteiger partial charge in [-0.05, 0) is 25.0 Å². The van der Waals surface area contributed by atoms with E-state index in [0.29, 0.717) is 5.92 Å². The van der Waals surface area contributed by atoms with Gasteiger partial charge in [-0.1, -0.05) is 4.49 Å². The van der Waals surface area contributed by atoms with Crippen LogP contribution in [0.15, 0.2) is 0 Å². The van der Waals surface area contributed by atoms with E-state index in [1.807, 2.05) is 7.05 Å². The molecule has 0 spiro atoms. The summed E-state index contributed by atoms with van der Waals surface area (Å²) < 4.78 is 9.31. The van der Waals surface area contributed by atoms with E-state index in [1.54, 1.807) is 0 Å². The third-order valence-corrected chi connectivity index (χ3v) is 2.98. The lowest BCUT2D eigenvalue weighted by atomic mass is 10.0. The van der Waals surface area contributed by atoms with Crippen molar-refractivity contribution in [2.24, 2.45) is 0 Å². The summed E-state index contributed by atoms with van der Waals surface area (Å²) in [7, 11) is 1.94. The average molecular weight is 199 g/mol. The van der Waals surface area contributed by atoms with Gasteiger partial charge in [-0.25, -0.2) is 0 Å². The largest absolute Gasteiger partial charge is 0.381 e. The quantitative estimate of drug-likeness (QED) is 0.780. The lowest BCUT2D eigenvalue weighted by Gasteiger charge is -2.04. The molecule has 1 unspecified atom stereocenters. The van der Waals surface area contributed by atoms with Crippen LogP contribution in [0, 0.1) is 0 Å². The minimum Gasteiger partial charge on any atom is -0.381 e. The normalized spacial score (nSPS) is 22.4. The number of hydrogen-bond donors (Lipinski definition) is 1. The van der Waals surface area contributed by atoms with E-state index >= 15 is 0 Å². The van der Waals surface area contributed by atoms with Crippen LogP contribution in [0.3, 0.4) is 0 Å². The molecule has 0 saturated carbocycles. The molecule has 13 heavy (non-hydrogen) atoms. The predicted octanol–water partition coefficient (Wildman–Crippen LogP) is 0.761. The number of aromatic nitrogens is 2. The maximum Gasteiger partial charge on any atom is 0.0855 e. The highest BCUT2D eigenvalue weighted by atomic mass is 32.1. The number of hydrogen-bond acceptors (Lipinski definition) is 5. The standard InChI is InChI=1S/C8H13N3OS/c1-9-4-7-8(10-11-13-7)6-2-3-12-5-6/h6,9H,2-5H2,1H3. The van der Waals surface area contributed by atoms with Crippen molar-refractivity contribution in [3.63, 3.8) is 0 Å². The lowest BCUT2D eigenvalue weighted by molar-refractivity contribution is 0.193. The third-order valence-electron chi connectivity index (χ3n) is 2.24. The second-order valence-electron chi connectivity index (χ2n) is 3.17. The van der Waals surface area contributed by atoms with Gasteiger partial charge in [0.1, 0.15) is 0 Å². The van der Waals surface area contributed by atoms with Gasteiger partial charge in [0, 0.05) is 19.1 Å². The smallest absolute Gasteiger partial charge is 0.0855 e. The van der Waals surface area contributed by atoms with Gasteiger partial charge < -0.3 is 10.1 Å². The molecule has 0 bridgehead atoms. The van der Waals surface area contributed by atoms with Crippen molar-refractivity contribution in [3.8, 4) is 0 Å². The SMILES string of the molecule is CNCc1snnc1C1CCOC1. The number of rotatable bonds is 3. The fourth-order valence-electron chi connectivity index (χ4n) is 1.56. The molecule has 1 fully saturated rings. The molecule has 0 aromatic carbocycles. The summed E-state index contributed by atoms with van der Waals surface area (Å²) in [6, 6.07) is 0. The van der Waals surface area contributed by atoms with Gasteiger partial charge in [-0.15, -0.1) is 5.10 Å². The summed E-state index contributed by atoms with van der Waals surface area (Å²) in [5, 5.41) is 7.29. The van der Waals surface area contributed by atoms with Crippen molar-refractivity contribution < 1.29 is 4.74 Å². The molecular formula is C8H13N3OS. The zero-order chi connectivity index (χ0) is 9.10. The molecule has 1 aliphatic heterocycles. The highest BCUT2D eigenvalue weighted by Crippen LogP contribution is 2.27. The molecule has 1 aromatic rings. The monoisotopic (exact) mass is 199 g/mol. The molecule has 1 N–H and O–H groups in total. The van der Waals surface area contributed by atoms with Crippen LogP contribution < -0.4 is 5.32 Å². The maximum absolute atomic E-state index is 5.33. The second kappa shape index (κ2) is 4.13. The van der Waals surface area contributed by atoms with Gasteiger partial charge in [0.05, 0.1) is 17.2 Å². The van der Waals surface area contributed by atoms with Crippen LogP contribution in [0.1, 0.15) is 22.9 Å². The van der Waals surface area contributed by atoms with Crippen molar-refractivity contribution in [1.82, 2.24) is 14.9 Å². The summed E-state index contributed by atoms with van der Waals surface area (Å²) in [6.45, 7) is 2.53. The summed E-state index contributed by atoms with van der Waals surface area (Å²) in [6.07, 6.45) is 1.09. The number of nitrogens with one attached hydrogen (secondary N) is 1. The Hall–Kier alpha value is -0.520. The van der Waals surface area contributed by atoms with Crippen molar-refractivity contribution >= 4 is 11.5 Å². The molecule has 0 amide bonds. The topological polar surface area (TPSA) is 47.0 Å². The van der Waals surface area contributed by atoms with Crippen LogP contribution in [-0.2, 0) is 11.3 Å². The Morgan fingerprint density at radius 1 is 1.69 bits per heavy atom. The van der Waals surface area contributed by atoms with Crippen LogP contribution >= 0.6 is 11.5 Å². The Morgan fingerprint density at radius 2 is 2.62 bits per heavy atom. The molecule has 5 heteroatoms. The zero-order valence-electron chi connectivity index (χ0n) is 7.62. The highest BCUT2D eigenvalue weighted by Gasteiger charge is 2.23. The Kier molecular flexibility index (Phi) is 2.87. The van der Waals surface area contributed by atoms with E-state index in [1.165, 1.54) is 16.4 Å². The molecular weight excluding hydrogens is 186 g/mol. The van der Waals surface area contributed by atoms with Crippen LogP contribution in [0.2, 0.25) is 0 Å². The van der Waals surface area contributed by atoms with Crippen molar-refractivity contribution in [3.05, 3.63) is 10.6 Å². The molecule has 4 nitrogen and oxygen atoms in total. The first-order valence-electron chi connectivity index (χ1n) is 4.45. The first-order valence-corrected chi connectivity index (χ1v) is 5.22. The Balaban J connectivity index is 2.13. The lowest BCUT2D eigenvalue weighted by Crippen LogP contribution is -2.08. The van der Waals surface area contributed by atoms with E-state index < -0.39 is 0 Å². The zero-order valence-corrected chi connectivity index (χ0v) is 8.43. The van der Waals surface area contributed by atoms with E-state index in [2.05, 4.69) is 14.9 Å². The molecule has 2 heterocycles. The van der Waals surface area contributed by atoms with Gasteiger partial charge >= 0.3 is 0 Å². The second-order valence-corrected chi connectivity index (χ2v) is 4.01. The van der Waals surface area contributed by atoms with Crippen LogP contribution in [-0.4, -0.2) is 29.8 Å². The fraction of sp³-hybridized carbons (Fsp3) is 0.750. The first-order chi connectivity index (χ1) is 6.42. The van der Waals surface area contributed by atoms with Gasteiger partial charge in [0.2, 0.25) is 0 Å². The van der Waals surface area contributed by atoms with Gasteiger partial charge in [0.15, 0.2) is 0 Å². The van der Waals surface area contributed by atoms with E-state index in [9.17, 15) is 0 Å². The molecule has 2 rings (SSSR count). The summed E-state index contributed by atoms with van der Waals surface area (Å²) in [4.78, 5) is 1.25. The van der Waals surface area contributed by atoms with Gasteiger partial charge in [0.25, 0.3) is 0 Å². The minimum absolute atomic E-state index is 0.474. The van der Waals surface area contributed by atoms with Gasteiger partial charge in [-0.3, -0.25) is 0 Å². The average Bonchev–Trinajstić information content (AvgIpc) is 2.71. The van der Waals surface area contributed by atoms with Crippen molar-refractivity contribution in [2.45, 2.75) is 18.9 Å². The Bertz CT molecular complexity index is 270. The highest BCUT2D eigenvalue weighted by molar-refractivity contribution is 7.05. The molecule has 1 saturated heterocycles. The van der Waals surface area contributed by atoms with Crippen molar-refractivity contribution in [1.29, 1.82) is 0 Å². The molecule has 72 valence electrons. The number of ether oxygens (including phenoxy) is 1. The fourth-order valence-corrected chi connectivity index (χ4v) is 2.30. The van der Waals surface area contributed by atoms with Crippen LogP contribution in [0.4, 0.5) is 0 Å². The van der Waals surface area contributed by atoms with E-state index in [-0.39, 0.29) is 0 Å². The molecule has 1 atom stereocenters. The third kappa shape index (κ3) is 1.87. The molecule has 1 aliphatic rings. The molecule has 1 aromatic heterocycles. The molecule has 0 radical (unpaired) electrons. The minimum atomic E-state index is 0.474.